The van der Waals surface area contributed by atoms with Crippen LogP contribution in [-0.2, 0) is 4.74 Å². The molecule has 1 aliphatic rings. The molecule has 0 aliphatic carbocycles. The lowest BCUT2D eigenvalue weighted by Gasteiger charge is -2.27. The van der Waals surface area contributed by atoms with E-state index in [1.165, 1.54) is 17.7 Å². The lowest BCUT2D eigenvalue weighted by Crippen LogP contribution is -2.29. The third kappa shape index (κ3) is 3.86. The molecule has 0 spiro atoms. The van der Waals surface area contributed by atoms with E-state index in [-0.39, 0.29) is 17.8 Å². The summed E-state index contributed by atoms with van der Waals surface area (Å²) in [6.07, 6.45) is 6.78. The Hall–Kier alpha value is -3.63. The number of ether oxygens (including phenoxy) is 1. The summed E-state index contributed by atoms with van der Waals surface area (Å²) in [5.41, 5.74) is 3.91. The summed E-state index contributed by atoms with van der Waals surface area (Å²) in [6.45, 7) is 4.79. The number of hydrogen-bond acceptors (Lipinski definition) is 8. The van der Waals surface area contributed by atoms with E-state index >= 15 is 0 Å². The van der Waals surface area contributed by atoms with Gasteiger partial charge in [-0.2, -0.15) is 0 Å². The molecule has 1 N–H and O–H groups in total. The molecule has 5 heterocycles. The van der Waals surface area contributed by atoms with Crippen molar-refractivity contribution in [2.24, 2.45) is 0 Å². The average Bonchev–Trinajstić information content (AvgIpc) is 3.53. The molecule has 2 atom stereocenters. The summed E-state index contributed by atoms with van der Waals surface area (Å²) in [6, 6.07) is 9.52. The highest BCUT2D eigenvalue weighted by Gasteiger charge is 2.27. The maximum Gasteiger partial charge on any atom is 0.276 e. The fraction of sp³-hybridized carbons (Fsp3) is 0.346. The van der Waals surface area contributed by atoms with Crippen molar-refractivity contribution in [2.45, 2.75) is 51.8 Å². The fourth-order valence-electron chi connectivity index (χ4n) is 4.87. The minimum Gasteiger partial charge on any atom is -0.358 e. The number of hydrogen-bond donors (Lipinski definition) is 1. The van der Waals surface area contributed by atoms with Crippen LogP contribution in [-0.4, -0.2) is 35.7 Å². The predicted molar refractivity (Wildman–Crippen MR) is 141 cm³/mol. The van der Waals surface area contributed by atoms with E-state index < -0.39 is 0 Å². The topological polar surface area (TPSA) is 99.8 Å². The molecule has 10 heteroatoms. The zero-order valence-corrected chi connectivity index (χ0v) is 21.0. The Labute approximate surface area is 211 Å². The van der Waals surface area contributed by atoms with Crippen molar-refractivity contribution in [3.05, 3.63) is 70.0 Å². The molecule has 1 fully saturated rings. The fourth-order valence-corrected chi connectivity index (χ4v) is 5.63. The molecule has 5 aromatic rings. The Balaban J connectivity index is 1.51. The van der Waals surface area contributed by atoms with E-state index in [2.05, 4.69) is 22.2 Å². The van der Waals surface area contributed by atoms with Crippen LogP contribution in [0.25, 0.3) is 27.1 Å². The highest BCUT2D eigenvalue weighted by molar-refractivity contribution is 7.17. The number of thiophene rings is 1. The molecule has 0 saturated carbocycles. The van der Waals surface area contributed by atoms with Crippen molar-refractivity contribution in [1.29, 1.82) is 0 Å². The highest BCUT2D eigenvalue weighted by atomic mass is 32.1. The minimum absolute atomic E-state index is 0.0606. The van der Waals surface area contributed by atoms with Crippen molar-refractivity contribution in [3.63, 3.8) is 0 Å². The molecule has 0 radical (unpaired) electrons. The van der Waals surface area contributed by atoms with Gasteiger partial charge in [0.2, 0.25) is 5.95 Å². The van der Waals surface area contributed by atoms with Gasteiger partial charge < -0.3 is 10.1 Å². The first-order chi connectivity index (χ1) is 17.7. The van der Waals surface area contributed by atoms with E-state index in [9.17, 15) is 4.79 Å². The minimum atomic E-state index is -0.284. The number of para-hydroxylation sites is 1. The van der Waals surface area contributed by atoms with E-state index in [0.29, 0.717) is 40.5 Å². The second-order valence-corrected chi connectivity index (χ2v) is 9.91. The Morgan fingerprint density at radius 3 is 2.89 bits per heavy atom. The maximum atomic E-state index is 13.7. The van der Waals surface area contributed by atoms with E-state index in [1.54, 1.807) is 10.8 Å². The quantitative estimate of drug-likeness (QED) is 0.343. The summed E-state index contributed by atoms with van der Waals surface area (Å²) < 4.78 is 10.5. The Morgan fingerprint density at radius 1 is 1.19 bits per heavy atom. The van der Waals surface area contributed by atoms with E-state index in [0.717, 1.165) is 36.2 Å². The van der Waals surface area contributed by atoms with Crippen LogP contribution in [0.2, 0.25) is 0 Å². The molecule has 2 unspecified atom stereocenters. The van der Waals surface area contributed by atoms with Gasteiger partial charge in [-0.1, -0.05) is 25.1 Å². The SMILES string of the molecule is CCC(Nc1nc2cncnc2n1C1CCCCO1)c1nc2ccsc2c(=O)n1-c1ccccc1C. The summed E-state index contributed by atoms with van der Waals surface area (Å²) in [4.78, 5) is 32.2. The van der Waals surface area contributed by atoms with Crippen molar-refractivity contribution in [2.75, 3.05) is 11.9 Å². The van der Waals surface area contributed by atoms with E-state index in [1.807, 2.05) is 47.2 Å². The molecule has 1 aromatic carbocycles. The van der Waals surface area contributed by atoms with Crippen LogP contribution >= 0.6 is 11.3 Å². The number of imidazole rings is 1. The van der Waals surface area contributed by atoms with Gasteiger partial charge in [-0.3, -0.25) is 13.9 Å². The van der Waals surface area contributed by atoms with Crippen LogP contribution in [0.1, 0.15) is 56.3 Å². The number of benzene rings is 1. The smallest absolute Gasteiger partial charge is 0.276 e. The standard InChI is InChI=1S/C26H27N7O2S/c1-3-17(30-26-31-19-14-27-15-28-23(19)33(26)21-10-6-7-12-35-21)24-29-18-11-13-36-22(18)25(34)32(24)20-9-5-4-8-16(20)2/h4-5,8-9,11,13-15,17,21H,3,6-7,10,12H2,1-2H3,(H,30,31). The number of rotatable bonds is 6. The van der Waals surface area contributed by atoms with Gasteiger partial charge in [0.05, 0.1) is 23.4 Å². The zero-order valence-electron chi connectivity index (χ0n) is 20.2. The Morgan fingerprint density at radius 2 is 2.08 bits per heavy atom. The summed E-state index contributed by atoms with van der Waals surface area (Å²) in [5, 5.41) is 5.51. The Kier molecular flexibility index (Phi) is 5.98. The van der Waals surface area contributed by atoms with Crippen LogP contribution in [0.5, 0.6) is 0 Å². The predicted octanol–water partition coefficient (Wildman–Crippen LogP) is 5.16. The monoisotopic (exact) mass is 501 g/mol. The first-order valence-corrected chi connectivity index (χ1v) is 13.2. The summed E-state index contributed by atoms with van der Waals surface area (Å²) in [5.74, 6) is 1.29. The molecular formula is C26H27N7O2S. The number of aryl methyl sites for hydroxylation is 1. The molecule has 36 heavy (non-hydrogen) atoms. The zero-order chi connectivity index (χ0) is 24.6. The van der Waals surface area contributed by atoms with Crippen molar-refractivity contribution in [1.82, 2.24) is 29.1 Å². The van der Waals surface area contributed by atoms with Crippen LogP contribution in [0.15, 0.2) is 53.0 Å². The molecule has 1 aliphatic heterocycles. The highest BCUT2D eigenvalue weighted by Crippen LogP contribution is 2.32. The second kappa shape index (κ2) is 9.44. The number of aromatic nitrogens is 6. The van der Waals surface area contributed by atoms with Crippen LogP contribution in [0.4, 0.5) is 5.95 Å². The first-order valence-electron chi connectivity index (χ1n) is 12.3. The van der Waals surface area contributed by atoms with Gasteiger partial charge in [0.25, 0.3) is 5.56 Å². The van der Waals surface area contributed by atoms with Crippen LogP contribution in [0.3, 0.4) is 0 Å². The van der Waals surface area contributed by atoms with Gasteiger partial charge in [0, 0.05) is 6.61 Å². The third-order valence-electron chi connectivity index (χ3n) is 6.68. The van der Waals surface area contributed by atoms with Gasteiger partial charge in [0.1, 0.15) is 28.6 Å². The Bertz CT molecular complexity index is 1600. The first kappa shape index (κ1) is 22.8. The number of nitrogens with one attached hydrogen (secondary N) is 1. The molecule has 6 rings (SSSR count). The molecule has 184 valence electrons. The van der Waals surface area contributed by atoms with Gasteiger partial charge in [-0.25, -0.2) is 19.9 Å². The van der Waals surface area contributed by atoms with Gasteiger partial charge >= 0.3 is 0 Å². The second-order valence-electron chi connectivity index (χ2n) is 9.00. The lowest BCUT2D eigenvalue weighted by molar-refractivity contribution is -0.0286. The van der Waals surface area contributed by atoms with Crippen molar-refractivity contribution in [3.8, 4) is 5.69 Å². The van der Waals surface area contributed by atoms with Crippen molar-refractivity contribution >= 4 is 38.7 Å². The third-order valence-corrected chi connectivity index (χ3v) is 7.58. The van der Waals surface area contributed by atoms with Crippen molar-refractivity contribution < 1.29 is 4.74 Å². The largest absolute Gasteiger partial charge is 0.358 e. The average molecular weight is 502 g/mol. The molecule has 1 saturated heterocycles. The van der Waals surface area contributed by atoms with E-state index in [4.69, 9.17) is 14.7 Å². The maximum absolute atomic E-state index is 13.7. The van der Waals surface area contributed by atoms with Gasteiger partial charge in [0.15, 0.2) is 5.65 Å². The molecule has 0 bridgehead atoms. The molecule has 9 nitrogen and oxygen atoms in total. The van der Waals surface area contributed by atoms with Crippen LogP contribution < -0.4 is 10.9 Å². The molecule has 4 aromatic heterocycles. The number of nitrogens with zero attached hydrogens (tertiary/aromatic N) is 6. The van der Waals surface area contributed by atoms with Crippen LogP contribution in [0, 0.1) is 6.92 Å². The molecule has 0 amide bonds. The number of anilines is 1. The molecular weight excluding hydrogens is 474 g/mol. The normalized spacial score (nSPS) is 17.0. The van der Waals surface area contributed by atoms with Gasteiger partial charge in [-0.05, 0) is 55.7 Å². The number of fused-ring (bicyclic) bond motifs is 2. The lowest BCUT2D eigenvalue weighted by atomic mass is 10.1. The summed E-state index contributed by atoms with van der Waals surface area (Å²) in [7, 11) is 0. The summed E-state index contributed by atoms with van der Waals surface area (Å²) >= 11 is 1.42. The van der Waals surface area contributed by atoms with Gasteiger partial charge in [-0.15, -0.1) is 11.3 Å².